The van der Waals surface area contributed by atoms with Crippen LogP contribution in [0, 0.1) is 5.92 Å². The molecule has 0 bridgehead atoms. The number of carbonyl (C=O) groups is 1. The van der Waals surface area contributed by atoms with Gasteiger partial charge in [0.05, 0.1) is 12.8 Å². The smallest absolute Gasteiger partial charge is 0.291 e. The van der Waals surface area contributed by atoms with Crippen LogP contribution in [0.5, 0.6) is 0 Å². The van der Waals surface area contributed by atoms with Gasteiger partial charge in [0.2, 0.25) is 0 Å². The van der Waals surface area contributed by atoms with E-state index in [2.05, 4.69) is 29.5 Å². The van der Waals surface area contributed by atoms with Crippen LogP contribution in [0.3, 0.4) is 0 Å². The summed E-state index contributed by atoms with van der Waals surface area (Å²) < 4.78 is 10.6. The van der Waals surface area contributed by atoms with Crippen LogP contribution < -0.4 is 10.6 Å². The van der Waals surface area contributed by atoms with Crippen LogP contribution in [0.25, 0.3) is 0 Å². The number of furan rings is 1. The molecule has 0 spiro atoms. The molecule has 2 N–H and O–H groups in total. The zero-order chi connectivity index (χ0) is 21.2. The van der Waals surface area contributed by atoms with E-state index in [1.165, 1.54) is 6.26 Å². The number of amides is 1. The van der Waals surface area contributed by atoms with Crippen LogP contribution in [0.2, 0.25) is 0 Å². The van der Waals surface area contributed by atoms with E-state index < -0.39 is 0 Å². The highest BCUT2D eigenvalue weighted by Gasteiger charge is 2.15. The maximum Gasteiger partial charge on any atom is 0.291 e. The van der Waals surface area contributed by atoms with E-state index in [1.807, 2.05) is 24.3 Å². The van der Waals surface area contributed by atoms with Gasteiger partial charge in [-0.05, 0) is 61.9 Å². The standard InChI is InChI=1S/C23H32N4O3/c1-3-24-23(27(2)12-9-18-10-14-29-15-11-18)25-17-19-6-4-7-20(16-19)26-22(28)21-8-5-13-30-21/h4-8,13,16,18H,3,9-12,14-15,17H2,1-2H3,(H,24,25)(H,26,28). The lowest BCUT2D eigenvalue weighted by Gasteiger charge is -2.26. The van der Waals surface area contributed by atoms with Crippen molar-refractivity contribution >= 4 is 17.6 Å². The fraction of sp³-hybridized carbons (Fsp3) is 0.478. The van der Waals surface area contributed by atoms with Gasteiger partial charge in [-0.3, -0.25) is 4.79 Å². The summed E-state index contributed by atoms with van der Waals surface area (Å²) in [5.74, 6) is 1.66. The van der Waals surface area contributed by atoms with Crippen molar-refractivity contribution in [3.05, 3.63) is 54.0 Å². The third-order valence-electron chi connectivity index (χ3n) is 5.25. The monoisotopic (exact) mass is 412 g/mol. The predicted molar refractivity (Wildman–Crippen MR) is 119 cm³/mol. The molecular formula is C23H32N4O3. The highest BCUT2D eigenvalue weighted by atomic mass is 16.5. The Bertz CT molecular complexity index is 814. The number of hydrogen-bond donors (Lipinski definition) is 2. The molecule has 0 radical (unpaired) electrons. The summed E-state index contributed by atoms with van der Waals surface area (Å²) in [7, 11) is 2.08. The second-order valence-corrected chi connectivity index (χ2v) is 7.57. The third-order valence-corrected chi connectivity index (χ3v) is 5.25. The average Bonchev–Trinajstić information content (AvgIpc) is 3.31. The number of rotatable bonds is 8. The van der Waals surface area contributed by atoms with Crippen molar-refractivity contribution in [2.24, 2.45) is 10.9 Å². The Kier molecular flexibility index (Phi) is 8.32. The van der Waals surface area contributed by atoms with E-state index in [-0.39, 0.29) is 5.91 Å². The molecule has 1 aromatic heterocycles. The zero-order valence-electron chi connectivity index (χ0n) is 17.9. The minimum absolute atomic E-state index is 0.262. The Morgan fingerprint density at radius 3 is 2.80 bits per heavy atom. The molecule has 1 aliphatic rings. The maximum atomic E-state index is 12.2. The van der Waals surface area contributed by atoms with Crippen molar-refractivity contribution in [3.8, 4) is 0 Å². The molecule has 1 aromatic carbocycles. The van der Waals surface area contributed by atoms with Crippen molar-refractivity contribution in [1.82, 2.24) is 10.2 Å². The molecule has 1 fully saturated rings. The SMILES string of the molecule is CCNC(=NCc1cccc(NC(=O)c2ccco2)c1)N(C)CCC1CCOCC1. The fourth-order valence-electron chi connectivity index (χ4n) is 3.50. The van der Waals surface area contributed by atoms with Crippen LogP contribution in [0.1, 0.15) is 42.3 Å². The number of nitrogens with zero attached hydrogens (tertiary/aromatic N) is 2. The minimum atomic E-state index is -0.262. The fourth-order valence-corrected chi connectivity index (χ4v) is 3.50. The van der Waals surface area contributed by atoms with Gasteiger partial charge in [0.15, 0.2) is 11.7 Å². The summed E-state index contributed by atoms with van der Waals surface area (Å²) in [6, 6.07) is 11.1. The lowest BCUT2D eigenvalue weighted by Crippen LogP contribution is -2.40. The Morgan fingerprint density at radius 1 is 1.23 bits per heavy atom. The van der Waals surface area contributed by atoms with E-state index in [4.69, 9.17) is 14.1 Å². The van der Waals surface area contributed by atoms with E-state index in [9.17, 15) is 4.79 Å². The summed E-state index contributed by atoms with van der Waals surface area (Å²) in [6.07, 6.45) is 4.94. The Balaban J connectivity index is 1.57. The van der Waals surface area contributed by atoms with E-state index in [1.54, 1.807) is 12.1 Å². The normalized spacial score (nSPS) is 15.1. The van der Waals surface area contributed by atoms with Gasteiger partial charge < -0.3 is 24.7 Å². The summed E-state index contributed by atoms with van der Waals surface area (Å²) in [4.78, 5) is 19.2. The number of benzene rings is 1. The Morgan fingerprint density at radius 2 is 2.07 bits per heavy atom. The number of aliphatic imine (C=N–C) groups is 1. The van der Waals surface area contributed by atoms with Crippen molar-refractivity contribution in [1.29, 1.82) is 0 Å². The average molecular weight is 413 g/mol. The minimum Gasteiger partial charge on any atom is -0.459 e. The largest absolute Gasteiger partial charge is 0.459 e. The second-order valence-electron chi connectivity index (χ2n) is 7.57. The zero-order valence-corrected chi connectivity index (χ0v) is 17.9. The molecule has 0 saturated carbocycles. The van der Waals surface area contributed by atoms with Gasteiger partial charge in [-0.25, -0.2) is 4.99 Å². The van der Waals surface area contributed by atoms with Gasteiger partial charge in [0.25, 0.3) is 5.91 Å². The summed E-state index contributed by atoms with van der Waals surface area (Å²) in [5, 5.41) is 6.23. The number of ether oxygens (including phenoxy) is 1. The van der Waals surface area contributed by atoms with E-state index in [0.717, 1.165) is 68.7 Å². The number of guanidine groups is 1. The van der Waals surface area contributed by atoms with E-state index in [0.29, 0.717) is 12.3 Å². The number of anilines is 1. The molecule has 1 aliphatic heterocycles. The van der Waals surface area contributed by atoms with Gasteiger partial charge in [-0.1, -0.05) is 12.1 Å². The van der Waals surface area contributed by atoms with Crippen molar-refractivity contribution < 1.29 is 13.9 Å². The van der Waals surface area contributed by atoms with Crippen LogP contribution in [-0.2, 0) is 11.3 Å². The summed E-state index contributed by atoms with van der Waals surface area (Å²) in [6.45, 7) is 6.17. The van der Waals surface area contributed by atoms with Gasteiger partial charge in [0, 0.05) is 39.0 Å². The van der Waals surface area contributed by atoms with Gasteiger partial charge in [-0.2, -0.15) is 0 Å². The van der Waals surface area contributed by atoms with Crippen molar-refractivity contribution in [3.63, 3.8) is 0 Å². The molecule has 0 unspecified atom stereocenters. The molecule has 7 heteroatoms. The molecule has 3 rings (SSSR count). The topological polar surface area (TPSA) is 79.1 Å². The second kappa shape index (κ2) is 11.4. The molecule has 1 saturated heterocycles. The molecule has 1 amide bonds. The molecule has 2 aromatic rings. The van der Waals surface area contributed by atoms with Gasteiger partial charge in [-0.15, -0.1) is 0 Å². The molecule has 30 heavy (non-hydrogen) atoms. The van der Waals surface area contributed by atoms with Crippen molar-refractivity contribution in [2.75, 3.05) is 38.7 Å². The summed E-state index contributed by atoms with van der Waals surface area (Å²) >= 11 is 0. The first-order chi connectivity index (χ1) is 14.7. The summed E-state index contributed by atoms with van der Waals surface area (Å²) in [5.41, 5.74) is 1.75. The first-order valence-corrected chi connectivity index (χ1v) is 10.7. The van der Waals surface area contributed by atoms with Crippen molar-refractivity contribution in [2.45, 2.75) is 32.7 Å². The molecule has 7 nitrogen and oxygen atoms in total. The van der Waals surface area contributed by atoms with Crippen LogP contribution in [0.15, 0.2) is 52.1 Å². The highest BCUT2D eigenvalue weighted by molar-refractivity contribution is 6.02. The van der Waals surface area contributed by atoms with Crippen LogP contribution >= 0.6 is 0 Å². The first-order valence-electron chi connectivity index (χ1n) is 10.7. The predicted octanol–water partition coefficient (Wildman–Crippen LogP) is 3.75. The Hall–Kier alpha value is -2.80. The molecule has 2 heterocycles. The Labute approximate surface area is 178 Å². The molecule has 0 aliphatic carbocycles. The molecular weight excluding hydrogens is 380 g/mol. The lowest BCUT2D eigenvalue weighted by atomic mass is 9.96. The lowest BCUT2D eigenvalue weighted by molar-refractivity contribution is 0.0625. The number of hydrogen-bond acceptors (Lipinski definition) is 4. The van der Waals surface area contributed by atoms with Crippen LogP contribution in [-0.4, -0.2) is 50.1 Å². The van der Waals surface area contributed by atoms with E-state index >= 15 is 0 Å². The highest BCUT2D eigenvalue weighted by Crippen LogP contribution is 2.18. The number of carbonyl (C=O) groups excluding carboxylic acids is 1. The maximum absolute atomic E-state index is 12.2. The van der Waals surface area contributed by atoms with Crippen LogP contribution in [0.4, 0.5) is 5.69 Å². The first kappa shape index (κ1) is 21.9. The van der Waals surface area contributed by atoms with Gasteiger partial charge in [0.1, 0.15) is 0 Å². The quantitative estimate of drug-likeness (QED) is 0.510. The number of nitrogens with one attached hydrogen (secondary N) is 2. The molecule has 0 atom stereocenters. The van der Waals surface area contributed by atoms with Gasteiger partial charge >= 0.3 is 0 Å². The third kappa shape index (κ3) is 6.62. The molecule has 162 valence electrons.